The van der Waals surface area contributed by atoms with Crippen molar-refractivity contribution in [3.63, 3.8) is 0 Å². The SMILES string of the molecule is CN(CCO)C1CCCN(CC2CCCO2)C1. The number of likely N-dealkylation sites (tertiary alicyclic amines) is 1. The second-order valence-electron chi connectivity index (χ2n) is 5.39. The van der Waals surface area contributed by atoms with E-state index in [0.717, 1.165) is 26.2 Å². The van der Waals surface area contributed by atoms with Gasteiger partial charge in [0.15, 0.2) is 0 Å². The van der Waals surface area contributed by atoms with Crippen molar-refractivity contribution >= 4 is 0 Å². The van der Waals surface area contributed by atoms with E-state index in [4.69, 9.17) is 9.84 Å². The van der Waals surface area contributed by atoms with Crippen LogP contribution in [-0.4, -0.2) is 73.5 Å². The standard InChI is InChI=1S/C13H26N2O2/c1-14(7-8-16)12-4-2-6-15(10-12)11-13-5-3-9-17-13/h12-13,16H,2-11H2,1H3. The van der Waals surface area contributed by atoms with Crippen LogP contribution in [0.15, 0.2) is 0 Å². The fraction of sp³-hybridized carbons (Fsp3) is 1.00. The molecule has 2 saturated heterocycles. The summed E-state index contributed by atoms with van der Waals surface area (Å²) in [5, 5.41) is 8.99. The third kappa shape index (κ3) is 3.91. The highest BCUT2D eigenvalue weighted by molar-refractivity contribution is 4.81. The van der Waals surface area contributed by atoms with Gasteiger partial charge in [0.25, 0.3) is 0 Å². The summed E-state index contributed by atoms with van der Waals surface area (Å²) in [6.45, 7) is 5.45. The van der Waals surface area contributed by atoms with Crippen LogP contribution in [-0.2, 0) is 4.74 Å². The molecule has 0 amide bonds. The first kappa shape index (κ1) is 13.3. The van der Waals surface area contributed by atoms with Crippen molar-refractivity contribution in [2.75, 3.05) is 46.4 Å². The van der Waals surface area contributed by atoms with Crippen LogP contribution in [0, 0.1) is 0 Å². The molecule has 100 valence electrons. The number of ether oxygens (including phenoxy) is 1. The summed E-state index contributed by atoms with van der Waals surface area (Å²) in [7, 11) is 2.12. The molecule has 0 aromatic heterocycles. The number of rotatable bonds is 5. The van der Waals surface area contributed by atoms with E-state index in [-0.39, 0.29) is 6.61 Å². The summed E-state index contributed by atoms with van der Waals surface area (Å²) in [4.78, 5) is 4.83. The van der Waals surface area contributed by atoms with E-state index >= 15 is 0 Å². The Labute approximate surface area is 105 Å². The van der Waals surface area contributed by atoms with Gasteiger partial charge < -0.3 is 9.84 Å². The van der Waals surface area contributed by atoms with Gasteiger partial charge in [0.1, 0.15) is 0 Å². The third-order valence-electron chi connectivity index (χ3n) is 4.04. The zero-order chi connectivity index (χ0) is 12.1. The van der Waals surface area contributed by atoms with E-state index in [2.05, 4.69) is 16.8 Å². The molecule has 4 heteroatoms. The van der Waals surface area contributed by atoms with E-state index in [1.807, 2.05) is 0 Å². The minimum atomic E-state index is 0.263. The first-order chi connectivity index (χ1) is 8.29. The lowest BCUT2D eigenvalue weighted by Crippen LogP contribution is -2.49. The van der Waals surface area contributed by atoms with Gasteiger partial charge in [-0.1, -0.05) is 0 Å². The Morgan fingerprint density at radius 1 is 1.35 bits per heavy atom. The number of nitrogens with zero attached hydrogens (tertiary/aromatic N) is 2. The molecule has 2 fully saturated rings. The van der Waals surface area contributed by atoms with E-state index in [9.17, 15) is 0 Å². The van der Waals surface area contributed by atoms with Crippen LogP contribution in [0.3, 0.4) is 0 Å². The van der Waals surface area contributed by atoms with Gasteiger partial charge in [0.05, 0.1) is 12.7 Å². The predicted octanol–water partition coefficient (Wildman–Crippen LogP) is 0.554. The van der Waals surface area contributed by atoms with Crippen molar-refractivity contribution in [3.05, 3.63) is 0 Å². The molecule has 0 aliphatic carbocycles. The summed E-state index contributed by atoms with van der Waals surface area (Å²) < 4.78 is 5.70. The second-order valence-corrected chi connectivity index (χ2v) is 5.39. The van der Waals surface area contributed by atoms with E-state index in [1.54, 1.807) is 0 Å². The Balaban J connectivity index is 1.75. The molecule has 0 bridgehead atoms. The minimum Gasteiger partial charge on any atom is -0.395 e. The van der Waals surface area contributed by atoms with Gasteiger partial charge in [0.2, 0.25) is 0 Å². The number of hydrogen-bond acceptors (Lipinski definition) is 4. The third-order valence-corrected chi connectivity index (χ3v) is 4.04. The monoisotopic (exact) mass is 242 g/mol. The Morgan fingerprint density at radius 2 is 2.24 bits per heavy atom. The van der Waals surface area contributed by atoms with Crippen LogP contribution in [0.1, 0.15) is 25.7 Å². The van der Waals surface area contributed by atoms with Crippen molar-refractivity contribution in [3.8, 4) is 0 Å². The van der Waals surface area contributed by atoms with Crippen LogP contribution >= 0.6 is 0 Å². The number of aliphatic hydroxyl groups is 1. The van der Waals surface area contributed by atoms with Crippen LogP contribution < -0.4 is 0 Å². The summed E-state index contributed by atoms with van der Waals surface area (Å²) >= 11 is 0. The molecule has 1 N–H and O–H groups in total. The molecule has 2 heterocycles. The maximum absolute atomic E-state index is 8.99. The Hall–Kier alpha value is -0.160. The minimum absolute atomic E-state index is 0.263. The molecule has 2 unspecified atom stereocenters. The smallest absolute Gasteiger partial charge is 0.0702 e. The number of hydrogen-bond donors (Lipinski definition) is 1. The number of likely N-dealkylation sites (N-methyl/N-ethyl adjacent to an activating group) is 1. The Bertz CT molecular complexity index is 219. The van der Waals surface area contributed by atoms with Gasteiger partial charge in [-0.05, 0) is 39.3 Å². The summed E-state index contributed by atoms with van der Waals surface area (Å²) in [6, 6.07) is 0.609. The van der Waals surface area contributed by atoms with Crippen LogP contribution in [0.25, 0.3) is 0 Å². The van der Waals surface area contributed by atoms with Crippen LogP contribution in [0.5, 0.6) is 0 Å². The first-order valence-electron chi connectivity index (χ1n) is 6.94. The summed E-state index contributed by atoms with van der Waals surface area (Å²) in [6.07, 6.45) is 5.46. The average Bonchev–Trinajstić information content (AvgIpc) is 2.82. The molecule has 2 rings (SSSR count). The van der Waals surface area contributed by atoms with Gasteiger partial charge in [-0.25, -0.2) is 0 Å². The topological polar surface area (TPSA) is 35.9 Å². The number of aliphatic hydroxyl groups excluding tert-OH is 1. The molecule has 0 aromatic carbocycles. The first-order valence-corrected chi connectivity index (χ1v) is 6.94. The van der Waals surface area contributed by atoms with E-state index < -0.39 is 0 Å². The van der Waals surface area contributed by atoms with Crippen LogP contribution in [0.4, 0.5) is 0 Å². The summed E-state index contributed by atoms with van der Waals surface area (Å²) in [5.74, 6) is 0. The van der Waals surface area contributed by atoms with Gasteiger partial charge in [-0.2, -0.15) is 0 Å². The molecule has 2 aliphatic heterocycles. The largest absolute Gasteiger partial charge is 0.395 e. The predicted molar refractivity (Wildman–Crippen MR) is 68.2 cm³/mol. The summed E-state index contributed by atoms with van der Waals surface area (Å²) in [5.41, 5.74) is 0. The molecule has 0 aromatic rings. The number of piperidine rings is 1. The quantitative estimate of drug-likeness (QED) is 0.764. The molecule has 0 spiro atoms. The van der Waals surface area contributed by atoms with Gasteiger partial charge in [-0.3, -0.25) is 9.80 Å². The maximum atomic E-state index is 8.99. The van der Waals surface area contributed by atoms with Crippen molar-refractivity contribution in [1.29, 1.82) is 0 Å². The molecule has 2 aliphatic rings. The highest BCUT2D eigenvalue weighted by atomic mass is 16.5. The van der Waals surface area contributed by atoms with Gasteiger partial charge >= 0.3 is 0 Å². The lowest BCUT2D eigenvalue weighted by atomic mass is 10.0. The molecule has 0 saturated carbocycles. The normalized spacial score (nSPS) is 31.2. The highest BCUT2D eigenvalue weighted by Crippen LogP contribution is 2.18. The van der Waals surface area contributed by atoms with Crippen molar-refractivity contribution in [1.82, 2.24) is 9.80 Å². The Kier molecular flexibility index (Phi) is 5.22. The van der Waals surface area contributed by atoms with Gasteiger partial charge in [-0.15, -0.1) is 0 Å². The van der Waals surface area contributed by atoms with Crippen LogP contribution in [0.2, 0.25) is 0 Å². The van der Waals surface area contributed by atoms with E-state index in [0.29, 0.717) is 12.1 Å². The lowest BCUT2D eigenvalue weighted by Gasteiger charge is -2.38. The molecule has 17 heavy (non-hydrogen) atoms. The van der Waals surface area contributed by atoms with Crippen molar-refractivity contribution < 1.29 is 9.84 Å². The fourth-order valence-electron chi connectivity index (χ4n) is 2.97. The Morgan fingerprint density at radius 3 is 2.94 bits per heavy atom. The molecule has 0 radical (unpaired) electrons. The molecular formula is C13H26N2O2. The average molecular weight is 242 g/mol. The lowest BCUT2D eigenvalue weighted by molar-refractivity contribution is 0.0432. The maximum Gasteiger partial charge on any atom is 0.0702 e. The molecular weight excluding hydrogens is 216 g/mol. The molecule has 4 nitrogen and oxygen atoms in total. The van der Waals surface area contributed by atoms with Crippen molar-refractivity contribution in [2.45, 2.75) is 37.8 Å². The highest BCUT2D eigenvalue weighted by Gasteiger charge is 2.26. The zero-order valence-corrected chi connectivity index (χ0v) is 11.0. The van der Waals surface area contributed by atoms with Gasteiger partial charge in [0, 0.05) is 32.3 Å². The fourth-order valence-corrected chi connectivity index (χ4v) is 2.97. The molecule has 2 atom stereocenters. The van der Waals surface area contributed by atoms with Crippen molar-refractivity contribution in [2.24, 2.45) is 0 Å². The van der Waals surface area contributed by atoms with E-state index in [1.165, 1.54) is 32.2 Å². The zero-order valence-electron chi connectivity index (χ0n) is 11.0. The second kappa shape index (κ2) is 6.69.